The molecule has 31 heavy (non-hydrogen) atoms. The number of imide groups is 1. The number of likely N-dealkylation sites (tertiary alicyclic amines) is 1. The molecule has 0 unspecified atom stereocenters. The monoisotopic (exact) mass is 422 g/mol. The van der Waals surface area contributed by atoms with Crippen molar-refractivity contribution in [1.29, 1.82) is 0 Å². The first-order valence-electron chi connectivity index (χ1n) is 10.8. The molecule has 4 heterocycles. The molecule has 5 rings (SSSR count). The maximum Gasteiger partial charge on any atom is 0.327 e. The van der Waals surface area contributed by atoms with Crippen molar-refractivity contribution >= 4 is 17.8 Å². The van der Waals surface area contributed by atoms with Crippen molar-refractivity contribution in [2.45, 2.75) is 39.2 Å². The van der Waals surface area contributed by atoms with E-state index < -0.39 is 0 Å². The van der Waals surface area contributed by atoms with Crippen molar-refractivity contribution in [3.63, 3.8) is 0 Å². The summed E-state index contributed by atoms with van der Waals surface area (Å²) in [4.78, 5) is 47.4. The second-order valence-electron chi connectivity index (χ2n) is 8.90. The van der Waals surface area contributed by atoms with Crippen LogP contribution in [0.4, 0.5) is 4.79 Å². The summed E-state index contributed by atoms with van der Waals surface area (Å²) in [6.07, 6.45) is 3.55. The first-order valence-corrected chi connectivity index (χ1v) is 10.8. The first kappa shape index (κ1) is 19.8. The zero-order valence-electron chi connectivity index (χ0n) is 17.8. The first-order chi connectivity index (χ1) is 14.9. The Morgan fingerprint density at radius 1 is 1.26 bits per heavy atom. The lowest BCUT2D eigenvalue weighted by atomic mass is 9.76. The molecule has 1 spiro atoms. The van der Waals surface area contributed by atoms with Gasteiger partial charge in [0.2, 0.25) is 0 Å². The summed E-state index contributed by atoms with van der Waals surface area (Å²) in [6.45, 7) is 6.00. The van der Waals surface area contributed by atoms with Gasteiger partial charge in [0.15, 0.2) is 17.8 Å². The number of fused-ring (bicyclic) bond motifs is 1. The highest BCUT2D eigenvalue weighted by Gasteiger charge is 2.56. The molecular weight excluding hydrogens is 396 g/mol. The Kier molecular flexibility index (Phi) is 4.60. The van der Waals surface area contributed by atoms with E-state index in [-0.39, 0.29) is 29.3 Å². The highest BCUT2D eigenvalue weighted by atomic mass is 16.3. The fraction of sp³-hybridized carbons (Fsp3) is 0.478. The Bertz CT molecular complexity index is 1030. The molecule has 3 aliphatic heterocycles. The van der Waals surface area contributed by atoms with Gasteiger partial charge in [-0.1, -0.05) is 23.8 Å². The number of carbonyl (C=O) groups excluding carboxylic acids is 3. The van der Waals surface area contributed by atoms with Gasteiger partial charge in [0.1, 0.15) is 6.04 Å². The molecule has 162 valence electrons. The fourth-order valence-electron chi connectivity index (χ4n) is 5.28. The third-order valence-electron chi connectivity index (χ3n) is 7.01. The number of hydrogen-bond acceptors (Lipinski definition) is 5. The van der Waals surface area contributed by atoms with Crippen molar-refractivity contribution < 1.29 is 18.8 Å². The van der Waals surface area contributed by atoms with Crippen LogP contribution < -0.4 is 0 Å². The van der Waals surface area contributed by atoms with Gasteiger partial charge < -0.3 is 14.2 Å². The van der Waals surface area contributed by atoms with Gasteiger partial charge >= 0.3 is 6.03 Å². The van der Waals surface area contributed by atoms with Crippen LogP contribution in [0, 0.1) is 12.3 Å². The number of oxazole rings is 1. The third kappa shape index (κ3) is 3.12. The highest BCUT2D eigenvalue weighted by Crippen LogP contribution is 2.46. The molecule has 2 aromatic rings. The SMILES string of the molecule is CCN1C(=O)[C@@H]2CC3(CCN(C(=O)c4ncoc4-c4cccc(C)c4)CC3)CN2C1=O. The van der Waals surface area contributed by atoms with Crippen LogP contribution >= 0.6 is 0 Å². The molecule has 8 nitrogen and oxygen atoms in total. The molecule has 8 heteroatoms. The number of carbonyl (C=O) groups is 3. The van der Waals surface area contributed by atoms with E-state index in [1.165, 1.54) is 11.3 Å². The minimum Gasteiger partial charge on any atom is -0.443 e. The standard InChI is InChI=1S/C23H26N4O4/c1-3-26-20(28)17-12-23(13-27(17)22(26)30)7-9-25(10-8-23)21(29)18-19(31-14-24-18)16-6-4-5-15(2)11-16/h4-6,11,14,17H,3,7-10,12-13H2,1-2H3/t17-/m0/s1. The highest BCUT2D eigenvalue weighted by molar-refractivity contribution is 6.04. The molecular formula is C23H26N4O4. The van der Waals surface area contributed by atoms with E-state index in [0.29, 0.717) is 44.1 Å². The van der Waals surface area contributed by atoms with Crippen LogP contribution in [0.25, 0.3) is 11.3 Å². The lowest BCUT2D eigenvalue weighted by molar-refractivity contribution is -0.128. The van der Waals surface area contributed by atoms with Crippen LogP contribution in [0.5, 0.6) is 0 Å². The van der Waals surface area contributed by atoms with Crippen LogP contribution in [0.1, 0.15) is 42.2 Å². The molecule has 0 radical (unpaired) electrons. The van der Waals surface area contributed by atoms with Crippen molar-refractivity contribution in [3.05, 3.63) is 41.9 Å². The Labute approximate surface area is 180 Å². The van der Waals surface area contributed by atoms with E-state index in [0.717, 1.165) is 24.0 Å². The molecule has 0 saturated carbocycles. The van der Waals surface area contributed by atoms with Crippen molar-refractivity contribution in [3.8, 4) is 11.3 Å². The van der Waals surface area contributed by atoms with Gasteiger partial charge in [-0.2, -0.15) is 0 Å². The molecule has 3 aliphatic rings. The minimum atomic E-state index is -0.335. The average Bonchev–Trinajstić information content (AvgIpc) is 3.44. The molecule has 0 N–H and O–H groups in total. The van der Waals surface area contributed by atoms with E-state index in [1.54, 1.807) is 4.90 Å². The summed E-state index contributed by atoms with van der Waals surface area (Å²) in [7, 11) is 0. The topological polar surface area (TPSA) is 87.0 Å². The molecule has 0 bridgehead atoms. The van der Waals surface area contributed by atoms with E-state index >= 15 is 0 Å². The Morgan fingerprint density at radius 3 is 2.71 bits per heavy atom. The Hall–Kier alpha value is -3.16. The van der Waals surface area contributed by atoms with Crippen LogP contribution in [-0.2, 0) is 4.79 Å². The summed E-state index contributed by atoms with van der Waals surface area (Å²) in [6, 6.07) is 7.31. The number of amides is 4. The maximum atomic E-state index is 13.2. The zero-order valence-corrected chi connectivity index (χ0v) is 17.8. The summed E-state index contributed by atoms with van der Waals surface area (Å²) >= 11 is 0. The van der Waals surface area contributed by atoms with Gasteiger partial charge in [-0.15, -0.1) is 0 Å². The summed E-state index contributed by atoms with van der Waals surface area (Å²) in [5.41, 5.74) is 2.16. The van der Waals surface area contributed by atoms with Crippen molar-refractivity contribution in [2.75, 3.05) is 26.2 Å². The largest absolute Gasteiger partial charge is 0.443 e. The molecule has 1 atom stereocenters. The van der Waals surface area contributed by atoms with Gasteiger partial charge in [0, 0.05) is 31.7 Å². The molecule has 1 aromatic heterocycles. The fourth-order valence-corrected chi connectivity index (χ4v) is 5.28. The molecule has 4 amide bonds. The number of likely N-dealkylation sites (N-methyl/N-ethyl adjacent to an activating group) is 1. The van der Waals surface area contributed by atoms with Crippen molar-refractivity contribution in [2.24, 2.45) is 5.41 Å². The van der Waals surface area contributed by atoms with Gasteiger partial charge in [0.25, 0.3) is 11.8 Å². The number of piperidine rings is 1. The van der Waals surface area contributed by atoms with Gasteiger partial charge in [-0.05, 0) is 44.6 Å². The number of nitrogens with zero attached hydrogens (tertiary/aromatic N) is 4. The van der Waals surface area contributed by atoms with E-state index in [2.05, 4.69) is 4.98 Å². The predicted molar refractivity (Wildman–Crippen MR) is 112 cm³/mol. The number of rotatable bonds is 3. The molecule has 3 fully saturated rings. The lowest BCUT2D eigenvalue weighted by Gasteiger charge is -2.39. The van der Waals surface area contributed by atoms with E-state index in [9.17, 15) is 14.4 Å². The summed E-state index contributed by atoms with van der Waals surface area (Å²) < 4.78 is 5.56. The number of hydrogen-bond donors (Lipinski definition) is 0. The maximum absolute atomic E-state index is 13.2. The number of urea groups is 1. The smallest absolute Gasteiger partial charge is 0.327 e. The van der Waals surface area contributed by atoms with Crippen LogP contribution in [0.15, 0.2) is 35.1 Å². The van der Waals surface area contributed by atoms with Crippen LogP contribution in [0.2, 0.25) is 0 Å². The van der Waals surface area contributed by atoms with Crippen LogP contribution in [0.3, 0.4) is 0 Å². The number of benzene rings is 1. The molecule has 0 aliphatic carbocycles. The number of aryl methyl sites for hydroxylation is 1. The zero-order chi connectivity index (χ0) is 21.8. The van der Waals surface area contributed by atoms with Crippen molar-refractivity contribution in [1.82, 2.24) is 19.7 Å². The van der Waals surface area contributed by atoms with Gasteiger partial charge in [-0.3, -0.25) is 14.5 Å². The number of aromatic nitrogens is 1. The third-order valence-corrected chi connectivity index (χ3v) is 7.01. The van der Waals surface area contributed by atoms with E-state index in [4.69, 9.17) is 4.42 Å². The average molecular weight is 422 g/mol. The van der Waals surface area contributed by atoms with Gasteiger partial charge in [-0.25, -0.2) is 9.78 Å². The van der Waals surface area contributed by atoms with Crippen LogP contribution in [-0.4, -0.2) is 69.8 Å². The van der Waals surface area contributed by atoms with E-state index in [1.807, 2.05) is 43.0 Å². The lowest BCUT2D eigenvalue weighted by Crippen LogP contribution is -2.46. The Balaban J connectivity index is 1.28. The quantitative estimate of drug-likeness (QED) is 0.710. The molecule has 1 aromatic carbocycles. The predicted octanol–water partition coefficient (Wildman–Crippen LogP) is 2.93. The molecule has 3 saturated heterocycles. The summed E-state index contributed by atoms with van der Waals surface area (Å²) in [5, 5.41) is 0. The normalized spacial score (nSPS) is 22.5. The second-order valence-corrected chi connectivity index (χ2v) is 8.90. The minimum absolute atomic E-state index is 0.0757. The second kappa shape index (κ2) is 7.21. The Morgan fingerprint density at radius 2 is 2.03 bits per heavy atom. The summed E-state index contributed by atoms with van der Waals surface area (Å²) in [5.74, 6) is 0.280. The van der Waals surface area contributed by atoms with Gasteiger partial charge in [0.05, 0.1) is 0 Å².